The number of nitrogens with one attached hydrogen (secondary N) is 1. The normalized spacial score (nSPS) is 15.0. The summed E-state index contributed by atoms with van der Waals surface area (Å²) in [6.45, 7) is 1.90. The number of anilines is 1. The van der Waals surface area contributed by atoms with E-state index in [-0.39, 0.29) is 23.0 Å². The summed E-state index contributed by atoms with van der Waals surface area (Å²) in [7, 11) is -3.45. The van der Waals surface area contributed by atoms with Crippen LogP contribution in [0.25, 0.3) is 0 Å². The number of thiazole rings is 1. The summed E-state index contributed by atoms with van der Waals surface area (Å²) >= 11 is 1.53. The highest BCUT2D eigenvalue weighted by atomic mass is 32.2. The number of hydrogen-bond acceptors (Lipinski definition) is 5. The summed E-state index contributed by atoms with van der Waals surface area (Å²) in [5.41, 5.74) is 2.10. The van der Waals surface area contributed by atoms with Gasteiger partial charge in [-0.25, -0.2) is 13.4 Å². The van der Waals surface area contributed by atoms with Crippen LogP contribution in [-0.4, -0.2) is 25.1 Å². The second-order valence-electron chi connectivity index (χ2n) is 6.73. The molecule has 0 saturated heterocycles. The zero-order valence-electron chi connectivity index (χ0n) is 15.0. The number of aryl methyl sites for hydroxylation is 3. The number of rotatable bonds is 5. The van der Waals surface area contributed by atoms with Gasteiger partial charge in [0.05, 0.1) is 16.3 Å². The Labute approximate surface area is 158 Å². The SMILES string of the molecule is Cc1ccc(S(=O)(=O)CCC(=O)Nc2nc3c(s2)CCCCCC3)cc1. The molecule has 3 rings (SSSR count). The van der Waals surface area contributed by atoms with Crippen LogP contribution in [0.4, 0.5) is 5.13 Å². The molecule has 140 valence electrons. The lowest BCUT2D eigenvalue weighted by Gasteiger charge is -2.06. The number of carbonyl (C=O) groups excluding carboxylic acids is 1. The molecule has 0 atom stereocenters. The van der Waals surface area contributed by atoms with Gasteiger partial charge in [0.15, 0.2) is 15.0 Å². The molecule has 0 radical (unpaired) electrons. The van der Waals surface area contributed by atoms with Gasteiger partial charge in [-0.3, -0.25) is 4.79 Å². The maximum atomic E-state index is 12.3. The van der Waals surface area contributed by atoms with Gasteiger partial charge in [-0.1, -0.05) is 30.5 Å². The summed E-state index contributed by atoms with van der Waals surface area (Å²) in [6.07, 6.45) is 6.69. The molecule has 1 amide bonds. The first-order chi connectivity index (χ1) is 12.4. The molecule has 0 aliphatic heterocycles. The van der Waals surface area contributed by atoms with Crippen molar-refractivity contribution in [2.75, 3.05) is 11.1 Å². The Balaban J connectivity index is 1.59. The predicted molar refractivity (Wildman–Crippen MR) is 104 cm³/mol. The molecule has 0 unspecified atom stereocenters. The highest BCUT2D eigenvalue weighted by Crippen LogP contribution is 2.28. The lowest BCUT2D eigenvalue weighted by Crippen LogP contribution is -2.17. The molecule has 1 N–H and O–H groups in total. The van der Waals surface area contributed by atoms with Gasteiger partial charge in [0, 0.05) is 11.3 Å². The van der Waals surface area contributed by atoms with Crippen LogP contribution in [0.2, 0.25) is 0 Å². The standard InChI is InChI=1S/C19H24N2O3S2/c1-14-8-10-15(11-9-14)26(23,24)13-12-18(22)21-19-20-16-6-4-2-3-5-7-17(16)25-19/h8-11H,2-7,12-13H2,1H3,(H,20,21,22). The van der Waals surface area contributed by atoms with Crippen molar-refractivity contribution in [3.63, 3.8) is 0 Å². The van der Waals surface area contributed by atoms with E-state index in [9.17, 15) is 13.2 Å². The van der Waals surface area contributed by atoms with Crippen molar-refractivity contribution >= 4 is 32.2 Å². The fourth-order valence-electron chi connectivity index (χ4n) is 3.03. The molecule has 5 nitrogen and oxygen atoms in total. The van der Waals surface area contributed by atoms with Crippen LogP contribution in [0.5, 0.6) is 0 Å². The Hall–Kier alpha value is -1.73. The first-order valence-electron chi connectivity index (χ1n) is 9.02. The number of benzene rings is 1. The number of sulfone groups is 1. The van der Waals surface area contributed by atoms with E-state index in [4.69, 9.17) is 0 Å². The quantitative estimate of drug-likeness (QED) is 0.837. The molecule has 7 heteroatoms. The number of amides is 1. The molecule has 1 aromatic heterocycles. The van der Waals surface area contributed by atoms with Crippen molar-refractivity contribution in [2.24, 2.45) is 0 Å². The molecule has 26 heavy (non-hydrogen) atoms. The van der Waals surface area contributed by atoms with E-state index >= 15 is 0 Å². The number of aromatic nitrogens is 1. The molecule has 1 aliphatic rings. The lowest BCUT2D eigenvalue weighted by molar-refractivity contribution is -0.115. The van der Waals surface area contributed by atoms with Crippen molar-refractivity contribution in [3.8, 4) is 0 Å². The van der Waals surface area contributed by atoms with E-state index in [1.165, 1.54) is 29.1 Å². The van der Waals surface area contributed by atoms with Crippen molar-refractivity contribution in [2.45, 2.75) is 56.8 Å². The molecular weight excluding hydrogens is 368 g/mol. The van der Waals surface area contributed by atoms with E-state index < -0.39 is 9.84 Å². The van der Waals surface area contributed by atoms with Gasteiger partial charge in [0.2, 0.25) is 5.91 Å². The molecule has 0 saturated carbocycles. The largest absolute Gasteiger partial charge is 0.302 e. The molecule has 0 fully saturated rings. The highest BCUT2D eigenvalue weighted by Gasteiger charge is 2.18. The summed E-state index contributed by atoms with van der Waals surface area (Å²) in [4.78, 5) is 18.2. The summed E-state index contributed by atoms with van der Waals surface area (Å²) in [5, 5.41) is 3.37. The third-order valence-corrected chi connectivity index (χ3v) is 7.37. The minimum Gasteiger partial charge on any atom is -0.302 e. The van der Waals surface area contributed by atoms with E-state index in [1.807, 2.05) is 6.92 Å². The maximum absolute atomic E-state index is 12.3. The number of fused-ring (bicyclic) bond motifs is 1. The second-order valence-corrected chi connectivity index (χ2v) is 9.93. The van der Waals surface area contributed by atoms with Gasteiger partial charge in [-0.2, -0.15) is 0 Å². The fourth-order valence-corrected chi connectivity index (χ4v) is 5.34. The van der Waals surface area contributed by atoms with Crippen LogP contribution in [0, 0.1) is 6.92 Å². The van der Waals surface area contributed by atoms with Gasteiger partial charge < -0.3 is 5.32 Å². The Morgan fingerprint density at radius 3 is 2.54 bits per heavy atom. The molecule has 0 spiro atoms. The molecule has 1 heterocycles. The van der Waals surface area contributed by atoms with Gasteiger partial charge in [-0.15, -0.1) is 11.3 Å². The Kier molecular flexibility index (Phi) is 6.09. The van der Waals surface area contributed by atoms with E-state index in [0.717, 1.165) is 36.9 Å². The molecule has 2 aromatic rings. The van der Waals surface area contributed by atoms with Crippen LogP contribution in [0.3, 0.4) is 0 Å². The summed E-state index contributed by atoms with van der Waals surface area (Å²) in [5.74, 6) is -0.505. The summed E-state index contributed by atoms with van der Waals surface area (Å²) < 4.78 is 24.7. The third kappa shape index (κ3) is 4.92. The third-order valence-electron chi connectivity index (χ3n) is 4.57. The maximum Gasteiger partial charge on any atom is 0.227 e. The van der Waals surface area contributed by atoms with Crippen molar-refractivity contribution in [1.82, 2.24) is 4.98 Å². The predicted octanol–water partition coefficient (Wildman–Crippen LogP) is 3.91. The summed E-state index contributed by atoms with van der Waals surface area (Å²) in [6, 6.07) is 6.70. The lowest BCUT2D eigenvalue weighted by atomic mass is 10.0. The molecular formula is C19H24N2O3S2. The number of carbonyl (C=O) groups is 1. The first kappa shape index (κ1) is 19.0. The number of nitrogens with zero attached hydrogens (tertiary/aromatic N) is 1. The van der Waals surface area contributed by atoms with E-state index in [1.54, 1.807) is 24.3 Å². The van der Waals surface area contributed by atoms with Crippen molar-refractivity contribution in [3.05, 3.63) is 40.4 Å². The van der Waals surface area contributed by atoms with Crippen molar-refractivity contribution in [1.29, 1.82) is 0 Å². The topological polar surface area (TPSA) is 76.1 Å². The molecule has 0 bridgehead atoms. The van der Waals surface area contributed by atoms with Crippen LogP contribution in [0.1, 0.15) is 48.2 Å². The first-order valence-corrected chi connectivity index (χ1v) is 11.5. The zero-order valence-corrected chi connectivity index (χ0v) is 16.6. The average molecular weight is 393 g/mol. The van der Waals surface area contributed by atoms with E-state index in [0.29, 0.717) is 5.13 Å². The smallest absolute Gasteiger partial charge is 0.227 e. The van der Waals surface area contributed by atoms with Crippen LogP contribution < -0.4 is 5.32 Å². The Bertz CT molecular complexity index is 845. The van der Waals surface area contributed by atoms with Gasteiger partial charge >= 0.3 is 0 Å². The average Bonchev–Trinajstić information content (AvgIpc) is 2.94. The fraction of sp³-hybridized carbons (Fsp3) is 0.474. The van der Waals surface area contributed by atoms with E-state index in [2.05, 4.69) is 10.3 Å². The Morgan fingerprint density at radius 2 is 1.81 bits per heavy atom. The van der Waals surface area contributed by atoms with Crippen LogP contribution in [0.15, 0.2) is 29.2 Å². The van der Waals surface area contributed by atoms with Gasteiger partial charge in [0.25, 0.3) is 0 Å². The minimum absolute atomic E-state index is 0.0690. The second kappa shape index (κ2) is 8.31. The minimum atomic E-state index is -3.45. The zero-order chi connectivity index (χ0) is 18.6. The molecule has 1 aromatic carbocycles. The van der Waals surface area contributed by atoms with Crippen LogP contribution in [-0.2, 0) is 27.5 Å². The molecule has 1 aliphatic carbocycles. The van der Waals surface area contributed by atoms with Gasteiger partial charge in [0.1, 0.15) is 0 Å². The monoisotopic (exact) mass is 392 g/mol. The Morgan fingerprint density at radius 1 is 1.12 bits per heavy atom. The number of hydrogen-bond donors (Lipinski definition) is 1. The van der Waals surface area contributed by atoms with Crippen LogP contribution >= 0.6 is 11.3 Å². The van der Waals surface area contributed by atoms with Crippen molar-refractivity contribution < 1.29 is 13.2 Å². The highest BCUT2D eigenvalue weighted by molar-refractivity contribution is 7.91. The van der Waals surface area contributed by atoms with Gasteiger partial charge in [-0.05, 0) is 44.7 Å².